The average Bonchev–Trinajstić information content (AvgIpc) is 2.88. The van der Waals surface area contributed by atoms with Crippen LogP contribution in [0.15, 0.2) is 23.8 Å². The fraction of sp³-hybridized carbons (Fsp3) is 0.500. The minimum atomic E-state index is -0.362. The van der Waals surface area contributed by atoms with E-state index in [4.69, 9.17) is 9.47 Å². The van der Waals surface area contributed by atoms with Gasteiger partial charge in [0.1, 0.15) is 0 Å². The van der Waals surface area contributed by atoms with Crippen LogP contribution in [-0.4, -0.2) is 43.0 Å². The molecule has 2 unspecified atom stereocenters. The molecule has 4 nitrogen and oxygen atoms in total. The van der Waals surface area contributed by atoms with E-state index in [0.29, 0.717) is 18.5 Å². The number of allylic oxidation sites excluding steroid dienone is 1. The lowest BCUT2D eigenvalue weighted by atomic mass is 9.66. The van der Waals surface area contributed by atoms with Gasteiger partial charge < -0.3 is 9.47 Å². The number of likely N-dealkylation sites (N-methyl/N-ethyl adjacent to an activating group) is 1. The lowest BCUT2D eigenvalue weighted by Crippen LogP contribution is -2.48. The Morgan fingerprint density at radius 3 is 3.00 bits per heavy atom. The van der Waals surface area contributed by atoms with Gasteiger partial charge in [-0.15, -0.1) is 0 Å². The van der Waals surface area contributed by atoms with Gasteiger partial charge in [0, 0.05) is 24.1 Å². The van der Waals surface area contributed by atoms with Crippen LogP contribution in [0, 0.1) is 6.92 Å². The molecule has 1 saturated carbocycles. The number of Topliss-reactive ketones (excluding diaryl/α,β-unsaturated/α-hetero) is 1. The Hall–Kier alpha value is -1.81. The molecule has 0 N–H and O–H groups in total. The van der Waals surface area contributed by atoms with Crippen molar-refractivity contribution in [2.75, 3.05) is 14.2 Å². The number of ketones is 1. The maximum atomic E-state index is 12.6. The fourth-order valence-electron chi connectivity index (χ4n) is 5.11. The van der Waals surface area contributed by atoms with Gasteiger partial charge in [-0.3, -0.25) is 9.69 Å². The number of likely N-dealkylation sites (tertiary alicyclic amines) is 1. The molecule has 2 heterocycles. The van der Waals surface area contributed by atoms with Crippen LogP contribution < -0.4 is 9.47 Å². The van der Waals surface area contributed by atoms with Gasteiger partial charge in [-0.05, 0) is 37.6 Å². The first-order valence-corrected chi connectivity index (χ1v) is 7.89. The quantitative estimate of drug-likeness (QED) is 0.587. The number of nitrogens with zero attached hydrogens (tertiary/aromatic N) is 1. The standard InChI is InChI=1S/C18H19NO3/c1-9-4-7-13(21-3)16-14(9)18-8-11-15(19(11)2)10(18)5-6-12(20)17(18)22-16/h4-5,7,11,15,17H,6,8H2,1-3H3/t11?,15-,17-,18-,19?/m0/s1. The van der Waals surface area contributed by atoms with E-state index >= 15 is 0 Å². The summed E-state index contributed by atoms with van der Waals surface area (Å²) in [5.41, 5.74) is 3.55. The largest absolute Gasteiger partial charge is 0.493 e. The van der Waals surface area contributed by atoms with Crippen molar-refractivity contribution in [2.45, 2.75) is 43.4 Å². The Morgan fingerprint density at radius 2 is 2.23 bits per heavy atom. The molecule has 2 fully saturated rings. The van der Waals surface area contributed by atoms with Gasteiger partial charge in [0.05, 0.1) is 12.5 Å². The van der Waals surface area contributed by atoms with Crippen LogP contribution in [0.3, 0.4) is 0 Å². The summed E-state index contributed by atoms with van der Waals surface area (Å²) in [6.07, 6.45) is 3.29. The molecular weight excluding hydrogens is 278 g/mol. The third-order valence-electron chi connectivity index (χ3n) is 6.10. The molecule has 5 rings (SSSR count). The maximum absolute atomic E-state index is 12.6. The van der Waals surface area contributed by atoms with Gasteiger partial charge in [0.2, 0.25) is 0 Å². The van der Waals surface area contributed by atoms with Crippen molar-refractivity contribution in [1.29, 1.82) is 0 Å². The zero-order chi connectivity index (χ0) is 15.2. The number of carbonyl (C=O) groups excluding carboxylic acids is 1. The molecule has 114 valence electrons. The number of hydrogen-bond acceptors (Lipinski definition) is 4. The zero-order valence-electron chi connectivity index (χ0n) is 13.1. The number of fused-ring (bicyclic) bond motifs is 3. The molecular formula is C18H19NO3. The average molecular weight is 297 g/mol. The summed E-state index contributed by atoms with van der Waals surface area (Å²) in [6, 6.07) is 5.08. The van der Waals surface area contributed by atoms with Crippen molar-refractivity contribution in [3.05, 3.63) is 34.9 Å². The summed E-state index contributed by atoms with van der Waals surface area (Å²) in [5, 5.41) is 0. The van der Waals surface area contributed by atoms with E-state index in [-0.39, 0.29) is 17.3 Å². The van der Waals surface area contributed by atoms with Gasteiger partial charge in [0.15, 0.2) is 23.4 Å². The molecule has 1 saturated heterocycles. The highest BCUT2D eigenvalue weighted by molar-refractivity contribution is 5.92. The van der Waals surface area contributed by atoms with Crippen LogP contribution >= 0.6 is 0 Å². The molecule has 0 amide bonds. The van der Waals surface area contributed by atoms with Crippen molar-refractivity contribution in [2.24, 2.45) is 0 Å². The molecule has 22 heavy (non-hydrogen) atoms. The monoisotopic (exact) mass is 297 g/mol. The van der Waals surface area contributed by atoms with Gasteiger partial charge in [-0.25, -0.2) is 0 Å². The van der Waals surface area contributed by atoms with Crippen molar-refractivity contribution >= 4 is 5.78 Å². The smallest absolute Gasteiger partial charge is 0.178 e. The molecule has 4 heteroatoms. The summed E-state index contributed by atoms with van der Waals surface area (Å²) in [5.74, 6) is 1.73. The van der Waals surface area contributed by atoms with Crippen LogP contribution in [0.2, 0.25) is 0 Å². The normalized spacial score (nSPS) is 40.1. The van der Waals surface area contributed by atoms with Gasteiger partial charge in [-0.2, -0.15) is 0 Å². The predicted molar refractivity (Wildman–Crippen MR) is 81.5 cm³/mol. The van der Waals surface area contributed by atoms with Crippen molar-refractivity contribution < 1.29 is 14.3 Å². The van der Waals surface area contributed by atoms with Gasteiger partial charge >= 0.3 is 0 Å². The van der Waals surface area contributed by atoms with Crippen molar-refractivity contribution in [3.8, 4) is 11.5 Å². The topological polar surface area (TPSA) is 38.5 Å². The maximum Gasteiger partial charge on any atom is 0.178 e. The fourth-order valence-corrected chi connectivity index (χ4v) is 5.11. The highest BCUT2D eigenvalue weighted by Crippen LogP contribution is 2.65. The number of methoxy groups -OCH3 is 1. The molecule has 1 spiro atoms. The van der Waals surface area contributed by atoms with E-state index in [1.54, 1.807) is 7.11 Å². The summed E-state index contributed by atoms with van der Waals surface area (Å²) in [6.45, 7) is 2.11. The number of hydrogen-bond donors (Lipinski definition) is 0. The third-order valence-corrected chi connectivity index (χ3v) is 6.10. The molecule has 1 aromatic rings. The Bertz CT molecular complexity index is 753. The highest BCUT2D eigenvalue weighted by atomic mass is 16.5. The van der Waals surface area contributed by atoms with Crippen LogP contribution in [-0.2, 0) is 10.2 Å². The lowest BCUT2D eigenvalue weighted by Gasteiger charge is -2.37. The van der Waals surface area contributed by atoms with Gasteiger partial charge in [-0.1, -0.05) is 12.1 Å². The van der Waals surface area contributed by atoms with Crippen LogP contribution in [0.1, 0.15) is 24.0 Å². The number of ether oxygens (including phenoxy) is 2. The number of benzene rings is 1. The van der Waals surface area contributed by atoms with E-state index in [1.165, 1.54) is 16.7 Å². The summed E-state index contributed by atoms with van der Waals surface area (Å²) < 4.78 is 11.7. The second-order valence-corrected chi connectivity index (χ2v) is 6.97. The van der Waals surface area contributed by atoms with Crippen LogP contribution in [0.25, 0.3) is 0 Å². The second kappa shape index (κ2) is 3.74. The first-order chi connectivity index (χ1) is 10.6. The van der Waals surface area contributed by atoms with E-state index in [2.05, 4.69) is 31.0 Å². The molecule has 2 aliphatic heterocycles. The van der Waals surface area contributed by atoms with E-state index < -0.39 is 0 Å². The Morgan fingerprint density at radius 1 is 1.41 bits per heavy atom. The number of rotatable bonds is 1. The summed E-state index contributed by atoms with van der Waals surface area (Å²) in [4.78, 5) is 15.0. The van der Waals surface area contributed by atoms with Gasteiger partial charge in [0.25, 0.3) is 0 Å². The molecule has 4 aliphatic rings. The van der Waals surface area contributed by atoms with Crippen molar-refractivity contribution in [1.82, 2.24) is 4.90 Å². The minimum absolute atomic E-state index is 0.199. The van der Waals surface area contributed by atoms with Crippen LogP contribution in [0.5, 0.6) is 11.5 Å². The molecule has 0 bridgehead atoms. The zero-order valence-corrected chi connectivity index (χ0v) is 13.1. The first-order valence-electron chi connectivity index (χ1n) is 7.89. The lowest BCUT2D eigenvalue weighted by molar-refractivity contribution is -0.127. The van der Waals surface area contributed by atoms with Crippen molar-refractivity contribution in [3.63, 3.8) is 0 Å². The SMILES string of the molecule is COc1ccc(C)c2c1O[C@H]1C(=O)CC=C3[C@H]4C(C[C@]321)N4C. The number of piperidine rings is 1. The Labute approximate surface area is 129 Å². The number of aryl methyl sites for hydroxylation is 1. The Kier molecular flexibility index (Phi) is 2.16. The summed E-state index contributed by atoms with van der Waals surface area (Å²) in [7, 11) is 3.83. The first kappa shape index (κ1) is 12.7. The minimum Gasteiger partial charge on any atom is -0.493 e. The van der Waals surface area contributed by atoms with E-state index in [9.17, 15) is 4.79 Å². The Balaban J connectivity index is 1.79. The number of carbonyl (C=O) groups is 1. The molecule has 0 radical (unpaired) electrons. The second-order valence-electron chi connectivity index (χ2n) is 6.97. The molecule has 5 atom stereocenters. The molecule has 0 aromatic heterocycles. The highest BCUT2D eigenvalue weighted by Gasteiger charge is 2.70. The third kappa shape index (κ3) is 1.19. The predicted octanol–water partition coefficient (Wildman–Crippen LogP) is 1.99. The molecule has 1 aromatic carbocycles. The summed E-state index contributed by atoms with van der Waals surface area (Å²) >= 11 is 0. The van der Waals surface area contributed by atoms with E-state index in [0.717, 1.165) is 17.9 Å². The van der Waals surface area contributed by atoms with Crippen LogP contribution in [0.4, 0.5) is 0 Å². The molecule has 2 aliphatic carbocycles. The van der Waals surface area contributed by atoms with E-state index in [1.807, 2.05) is 6.07 Å².